The number of aliphatic imine (C=N–C) groups is 1. The van der Waals surface area contributed by atoms with Crippen LogP contribution < -0.4 is 10.6 Å². The molecule has 1 fully saturated rings. The van der Waals surface area contributed by atoms with Crippen LogP contribution in [0.15, 0.2) is 101 Å². The third kappa shape index (κ3) is 3.86. The first kappa shape index (κ1) is 21.8. The first-order valence-electron chi connectivity index (χ1n) is 12.8. The second-order valence-electron chi connectivity index (χ2n) is 9.74. The van der Waals surface area contributed by atoms with Crippen LogP contribution >= 0.6 is 0 Å². The fourth-order valence-electron chi connectivity index (χ4n) is 5.59. The van der Waals surface area contributed by atoms with Gasteiger partial charge in [-0.25, -0.2) is 4.79 Å². The first-order valence-corrected chi connectivity index (χ1v) is 12.8. The summed E-state index contributed by atoms with van der Waals surface area (Å²) in [5.74, 6) is 0. The van der Waals surface area contributed by atoms with Gasteiger partial charge in [-0.3, -0.25) is 14.5 Å². The Morgan fingerprint density at radius 3 is 2.38 bits per heavy atom. The maximum absolute atomic E-state index is 12.9. The van der Waals surface area contributed by atoms with Gasteiger partial charge in [0, 0.05) is 55.8 Å². The van der Waals surface area contributed by atoms with E-state index in [0.717, 1.165) is 71.8 Å². The highest BCUT2D eigenvalue weighted by Gasteiger charge is 2.21. The van der Waals surface area contributed by atoms with Crippen molar-refractivity contribution in [1.29, 1.82) is 0 Å². The predicted octanol–water partition coefficient (Wildman–Crippen LogP) is 5.37. The van der Waals surface area contributed by atoms with E-state index in [1.165, 1.54) is 11.3 Å². The second-order valence-corrected chi connectivity index (χ2v) is 9.74. The lowest BCUT2D eigenvalue weighted by atomic mass is 10.0. The van der Waals surface area contributed by atoms with Gasteiger partial charge < -0.3 is 9.88 Å². The molecule has 0 spiro atoms. The molecule has 7 rings (SSSR count). The van der Waals surface area contributed by atoms with Gasteiger partial charge in [0.05, 0.1) is 22.4 Å². The van der Waals surface area contributed by atoms with Gasteiger partial charge in [-0.2, -0.15) is 0 Å². The summed E-state index contributed by atoms with van der Waals surface area (Å²) in [6, 6.07) is 31.4. The summed E-state index contributed by atoms with van der Waals surface area (Å²) in [7, 11) is 0. The molecule has 0 atom stereocenters. The van der Waals surface area contributed by atoms with Crippen molar-refractivity contribution in [2.75, 3.05) is 31.1 Å². The quantitative estimate of drug-likeness (QED) is 0.365. The minimum absolute atomic E-state index is 0.145. The van der Waals surface area contributed by atoms with Crippen molar-refractivity contribution in [2.45, 2.75) is 6.54 Å². The molecule has 1 N–H and O–H groups in total. The molecule has 0 unspecified atom stereocenters. The number of hydrogen-bond donors (Lipinski definition) is 1. The molecule has 2 aliphatic heterocycles. The number of aromatic nitrogens is 2. The SMILES string of the molecule is O=c1[nH]c2cccc3c2n1-c1cccc(-c2ccc(N4CCN(Cc5ccccc5)CC4)cc2)c1N=C3. The molecule has 0 amide bonds. The summed E-state index contributed by atoms with van der Waals surface area (Å²) in [5, 5.41) is 0. The molecule has 37 heavy (non-hydrogen) atoms. The van der Waals surface area contributed by atoms with E-state index in [9.17, 15) is 4.79 Å². The lowest BCUT2D eigenvalue weighted by Gasteiger charge is -2.36. The van der Waals surface area contributed by atoms with Crippen LogP contribution in [0.5, 0.6) is 0 Å². The molecule has 6 nitrogen and oxygen atoms in total. The Hall–Kier alpha value is -4.42. The Kier molecular flexibility index (Phi) is 5.26. The number of piperazine rings is 1. The minimum atomic E-state index is -0.145. The number of aromatic amines is 1. The van der Waals surface area contributed by atoms with Gasteiger partial charge in [-0.15, -0.1) is 0 Å². The molecule has 6 heteroatoms. The Bertz CT molecular complexity index is 1670. The maximum atomic E-state index is 12.9. The normalized spacial score (nSPS) is 15.1. The largest absolute Gasteiger partial charge is 0.369 e. The molecule has 5 aromatic rings. The molecule has 2 aliphatic rings. The van der Waals surface area contributed by atoms with Gasteiger partial charge in [-0.05, 0) is 35.4 Å². The van der Waals surface area contributed by atoms with Gasteiger partial charge in [-0.1, -0.05) is 66.7 Å². The van der Waals surface area contributed by atoms with E-state index < -0.39 is 0 Å². The van der Waals surface area contributed by atoms with Crippen LogP contribution in [0.25, 0.3) is 27.8 Å². The number of anilines is 1. The molecule has 0 bridgehead atoms. The molecule has 3 heterocycles. The topological polar surface area (TPSA) is 56.6 Å². The number of rotatable bonds is 4. The number of nitrogens with one attached hydrogen (secondary N) is 1. The van der Waals surface area contributed by atoms with Crippen LogP contribution in [0.4, 0.5) is 11.4 Å². The van der Waals surface area contributed by atoms with E-state index in [-0.39, 0.29) is 5.69 Å². The third-order valence-corrected chi connectivity index (χ3v) is 7.49. The monoisotopic (exact) mass is 485 g/mol. The van der Waals surface area contributed by atoms with Gasteiger partial charge in [0.15, 0.2) is 0 Å². The maximum Gasteiger partial charge on any atom is 0.331 e. The van der Waals surface area contributed by atoms with Crippen molar-refractivity contribution in [3.05, 3.63) is 113 Å². The average molecular weight is 486 g/mol. The van der Waals surface area contributed by atoms with Gasteiger partial charge >= 0.3 is 5.69 Å². The molecule has 4 aromatic carbocycles. The summed E-state index contributed by atoms with van der Waals surface area (Å²) in [6.07, 6.45) is 1.87. The number of hydrogen-bond acceptors (Lipinski definition) is 4. The second kappa shape index (κ2) is 8.91. The third-order valence-electron chi connectivity index (χ3n) is 7.49. The number of fused-ring (bicyclic) bond motifs is 2. The van der Waals surface area contributed by atoms with E-state index in [2.05, 4.69) is 75.4 Å². The van der Waals surface area contributed by atoms with E-state index in [4.69, 9.17) is 4.99 Å². The highest BCUT2D eigenvalue weighted by molar-refractivity contribution is 6.02. The molecular formula is C31H27N5O. The Morgan fingerprint density at radius 2 is 1.57 bits per heavy atom. The average Bonchev–Trinajstić information content (AvgIpc) is 3.18. The summed E-state index contributed by atoms with van der Waals surface area (Å²) in [6.45, 7) is 5.15. The summed E-state index contributed by atoms with van der Waals surface area (Å²) in [4.78, 5) is 25.7. The Morgan fingerprint density at radius 1 is 0.784 bits per heavy atom. The standard InChI is InChI=1S/C31H27N5O/c37-31-33-27-10-4-8-24-20-32-29-26(9-5-11-28(29)36(31)30(24)27)23-12-14-25(15-13-23)35-18-16-34(17-19-35)21-22-6-2-1-3-7-22/h1-15,20H,16-19,21H2,(H,33,37). The fourth-order valence-corrected chi connectivity index (χ4v) is 5.59. The number of imidazole rings is 1. The van der Waals surface area contributed by atoms with Crippen molar-refractivity contribution >= 4 is 28.6 Å². The first-order chi connectivity index (χ1) is 18.2. The number of nitrogens with zero attached hydrogens (tertiary/aromatic N) is 4. The van der Waals surface area contributed by atoms with Crippen LogP contribution in [0.2, 0.25) is 0 Å². The molecular weight excluding hydrogens is 458 g/mol. The highest BCUT2D eigenvalue weighted by Crippen LogP contribution is 2.38. The number of benzene rings is 4. The smallest absolute Gasteiger partial charge is 0.331 e. The van der Waals surface area contributed by atoms with Crippen LogP contribution in [-0.4, -0.2) is 46.8 Å². The summed E-state index contributed by atoms with van der Waals surface area (Å²) >= 11 is 0. The number of para-hydroxylation sites is 2. The van der Waals surface area contributed by atoms with Crippen LogP contribution in [0, 0.1) is 0 Å². The zero-order valence-electron chi connectivity index (χ0n) is 20.5. The summed E-state index contributed by atoms with van der Waals surface area (Å²) < 4.78 is 1.75. The van der Waals surface area contributed by atoms with Gasteiger partial charge in [0.25, 0.3) is 0 Å². The minimum Gasteiger partial charge on any atom is -0.369 e. The van der Waals surface area contributed by atoms with Crippen molar-refractivity contribution in [1.82, 2.24) is 14.5 Å². The van der Waals surface area contributed by atoms with Crippen molar-refractivity contribution in [2.24, 2.45) is 4.99 Å². The molecule has 1 saturated heterocycles. The lowest BCUT2D eigenvalue weighted by Crippen LogP contribution is -2.45. The predicted molar refractivity (Wildman–Crippen MR) is 151 cm³/mol. The van der Waals surface area contributed by atoms with Gasteiger partial charge in [0.2, 0.25) is 0 Å². The lowest BCUT2D eigenvalue weighted by molar-refractivity contribution is 0.250. The van der Waals surface area contributed by atoms with Gasteiger partial charge in [0.1, 0.15) is 0 Å². The zero-order chi connectivity index (χ0) is 24.8. The van der Waals surface area contributed by atoms with E-state index >= 15 is 0 Å². The highest BCUT2D eigenvalue weighted by atomic mass is 16.1. The van der Waals surface area contributed by atoms with E-state index in [1.54, 1.807) is 4.57 Å². The Labute approximate surface area is 215 Å². The zero-order valence-corrected chi connectivity index (χ0v) is 20.5. The van der Waals surface area contributed by atoms with Crippen LogP contribution in [0.1, 0.15) is 11.1 Å². The number of H-pyrrole nitrogens is 1. The van der Waals surface area contributed by atoms with E-state index in [0.29, 0.717) is 0 Å². The van der Waals surface area contributed by atoms with Crippen LogP contribution in [0.3, 0.4) is 0 Å². The molecule has 0 radical (unpaired) electrons. The molecule has 0 saturated carbocycles. The van der Waals surface area contributed by atoms with Crippen molar-refractivity contribution < 1.29 is 0 Å². The molecule has 0 aliphatic carbocycles. The van der Waals surface area contributed by atoms with Crippen LogP contribution in [-0.2, 0) is 6.54 Å². The van der Waals surface area contributed by atoms with E-state index in [1.807, 2.05) is 36.5 Å². The molecule has 182 valence electrons. The van der Waals surface area contributed by atoms with Crippen molar-refractivity contribution in [3.63, 3.8) is 0 Å². The fraction of sp³-hybridized carbons (Fsp3) is 0.161. The summed E-state index contributed by atoms with van der Waals surface area (Å²) in [5.41, 5.74) is 8.80. The Balaban J connectivity index is 1.15. The van der Waals surface area contributed by atoms with Crippen molar-refractivity contribution in [3.8, 4) is 16.8 Å². The molecule has 1 aromatic heterocycles.